The Hall–Kier alpha value is -1.86. The molecular weight excluding hydrogens is 225 g/mol. The van der Waals surface area contributed by atoms with Crippen LogP contribution in [0.4, 0.5) is 19.0 Å². The van der Waals surface area contributed by atoms with E-state index in [2.05, 4.69) is 9.97 Å². The van der Waals surface area contributed by atoms with Gasteiger partial charge in [-0.15, -0.1) is 0 Å². The minimum atomic E-state index is -4.34. The zero-order valence-electron chi connectivity index (χ0n) is 8.32. The molecule has 0 aliphatic carbocycles. The van der Waals surface area contributed by atoms with Crippen molar-refractivity contribution in [3.05, 3.63) is 18.1 Å². The first kappa shape index (κ1) is 12.2. The maximum atomic E-state index is 12.1. The molecule has 0 spiro atoms. The first-order chi connectivity index (χ1) is 7.29. The molecule has 0 fully saturated rings. The molecule has 0 unspecified atom stereocenters. The van der Waals surface area contributed by atoms with Crippen molar-refractivity contribution < 1.29 is 18.0 Å². The van der Waals surface area contributed by atoms with E-state index >= 15 is 0 Å². The first-order valence-corrected chi connectivity index (χ1v) is 4.19. The van der Waals surface area contributed by atoms with Crippen molar-refractivity contribution >= 4 is 11.7 Å². The van der Waals surface area contributed by atoms with Gasteiger partial charge in [0.05, 0.1) is 0 Å². The Balaban J connectivity index is 2.87. The van der Waals surface area contributed by atoms with Crippen molar-refractivity contribution in [2.24, 2.45) is 5.73 Å². The van der Waals surface area contributed by atoms with Crippen molar-refractivity contribution in [3.8, 4) is 0 Å². The number of alkyl halides is 3. The van der Waals surface area contributed by atoms with Gasteiger partial charge in [0.1, 0.15) is 24.4 Å². The van der Waals surface area contributed by atoms with Crippen LogP contribution in [-0.4, -0.2) is 35.6 Å². The molecule has 0 aliphatic heterocycles. The van der Waals surface area contributed by atoms with E-state index in [1.807, 2.05) is 0 Å². The predicted octanol–water partition coefficient (Wildman–Crippen LogP) is 0.574. The fraction of sp³-hybridized carbons (Fsp3) is 0.375. The van der Waals surface area contributed by atoms with Gasteiger partial charge in [0.2, 0.25) is 0 Å². The third kappa shape index (κ3) is 3.37. The average molecular weight is 234 g/mol. The number of rotatable bonds is 3. The zero-order chi connectivity index (χ0) is 12.3. The molecule has 0 aliphatic rings. The van der Waals surface area contributed by atoms with E-state index in [9.17, 15) is 18.0 Å². The van der Waals surface area contributed by atoms with E-state index in [1.165, 1.54) is 7.05 Å². The number of amides is 1. The molecule has 1 rings (SSSR count). The first-order valence-electron chi connectivity index (χ1n) is 4.19. The Labute approximate surface area is 89.1 Å². The molecule has 0 aromatic carbocycles. The van der Waals surface area contributed by atoms with E-state index < -0.39 is 18.6 Å². The van der Waals surface area contributed by atoms with Gasteiger partial charge < -0.3 is 10.6 Å². The number of nitrogens with zero attached hydrogens (tertiary/aromatic N) is 3. The summed E-state index contributed by atoms with van der Waals surface area (Å²) in [6, 6.07) is 1.11. The summed E-state index contributed by atoms with van der Waals surface area (Å²) >= 11 is 0. The van der Waals surface area contributed by atoms with Gasteiger partial charge in [-0.05, 0) is 0 Å². The van der Waals surface area contributed by atoms with Gasteiger partial charge in [-0.25, -0.2) is 9.97 Å². The molecule has 16 heavy (non-hydrogen) atoms. The highest BCUT2D eigenvalue weighted by atomic mass is 19.4. The number of anilines is 1. The van der Waals surface area contributed by atoms with Crippen molar-refractivity contribution in [2.75, 3.05) is 18.5 Å². The molecule has 0 saturated heterocycles. The molecule has 0 bridgehead atoms. The van der Waals surface area contributed by atoms with Crippen LogP contribution >= 0.6 is 0 Å². The van der Waals surface area contributed by atoms with Gasteiger partial charge in [-0.2, -0.15) is 13.2 Å². The smallest absolute Gasteiger partial charge is 0.364 e. The number of hydrogen-bond donors (Lipinski definition) is 1. The van der Waals surface area contributed by atoms with E-state index in [-0.39, 0.29) is 11.5 Å². The van der Waals surface area contributed by atoms with Crippen LogP contribution in [0.25, 0.3) is 0 Å². The molecule has 0 saturated carbocycles. The highest BCUT2D eigenvalue weighted by molar-refractivity contribution is 5.91. The number of nitrogens with two attached hydrogens (primary N) is 1. The van der Waals surface area contributed by atoms with Crippen LogP contribution in [0, 0.1) is 0 Å². The maximum Gasteiger partial charge on any atom is 0.405 e. The minimum absolute atomic E-state index is 0.0128. The monoisotopic (exact) mass is 234 g/mol. The van der Waals surface area contributed by atoms with Crippen LogP contribution in [-0.2, 0) is 0 Å². The Morgan fingerprint density at radius 3 is 2.62 bits per heavy atom. The summed E-state index contributed by atoms with van der Waals surface area (Å²) in [5.74, 6) is -0.829. The number of halogens is 3. The summed E-state index contributed by atoms with van der Waals surface area (Å²) in [7, 11) is 1.21. The molecule has 0 radical (unpaired) electrons. The van der Waals surface area contributed by atoms with Crippen molar-refractivity contribution in [1.82, 2.24) is 9.97 Å². The molecular formula is C8H9F3N4O. The fourth-order valence-electron chi connectivity index (χ4n) is 1.04. The van der Waals surface area contributed by atoms with Gasteiger partial charge >= 0.3 is 6.18 Å². The van der Waals surface area contributed by atoms with E-state index in [1.54, 1.807) is 0 Å². The van der Waals surface area contributed by atoms with Crippen molar-refractivity contribution in [3.63, 3.8) is 0 Å². The Morgan fingerprint density at radius 1 is 1.50 bits per heavy atom. The number of carbonyl (C=O) groups is 1. The topological polar surface area (TPSA) is 72.1 Å². The fourth-order valence-corrected chi connectivity index (χ4v) is 1.04. The Kier molecular flexibility index (Phi) is 3.31. The van der Waals surface area contributed by atoms with Crippen LogP contribution in [0.15, 0.2) is 12.4 Å². The normalized spacial score (nSPS) is 11.2. The summed E-state index contributed by atoms with van der Waals surface area (Å²) < 4.78 is 36.2. The summed E-state index contributed by atoms with van der Waals surface area (Å²) in [6.45, 7) is -1.16. The van der Waals surface area contributed by atoms with Crippen LogP contribution < -0.4 is 10.6 Å². The Bertz CT molecular complexity index is 393. The third-order valence-corrected chi connectivity index (χ3v) is 1.71. The SMILES string of the molecule is CN(CC(F)(F)F)c1cc(C(N)=O)ncn1. The second kappa shape index (κ2) is 4.33. The van der Waals surface area contributed by atoms with Gasteiger partial charge in [0, 0.05) is 13.1 Å². The second-order valence-electron chi connectivity index (χ2n) is 3.10. The summed E-state index contributed by atoms with van der Waals surface area (Å²) in [4.78, 5) is 18.7. The Morgan fingerprint density at radius 2 is 2.12 bits per heavy atom. The second-order valence-corrected chi connectivity index (χ2v) is 3.10. The standard InChI is InChI=1S/C8H9F3N4O/c1-15(3-8(9,10)11)6-2-5(7(12)16)13-4-14-6/h2,4H,3H2,1H3,(H2,12,16). The highest BCUT2D eigenvalue weighted by Crippen LogP contribution is 2.19. The molecule has 1 aromatic heterocycles. The van der Waals surface area contributed by atoms with Gasteiger partial charge in [0.25, 0.3) is 5.91 Å². The predicted molar refractivity (Wildman–Crippen MR) is 49.9 cm³/mol. The number of aromatic nitrogens is 2. The average Bonchev–Trinajstić information content (AvgIpc) is 2.15. The molecule has 88 valence electrons. The molecule has 1 aromatic rings. The lowest BCUT2D eigenvalue weighted by Crippen LogP contribution is -2.31. The van der Waals surface area contributed by atoms with Crippen LogP contribution in [0.2, 0.25) is 0 Å². The van der Waals surface area contributed by atoms with Crippen LogP contribution in [0.3, 0.4) is 0 Å². The minimum Gasteiger partial charge on any atom is -0.364 e. The number of carbonyl (C=O) groups excluding carboxylic acids is 1. The molecule has 5 nitrogen and oxygen atoms in total. The highest BCUT2D eigenvalue weighted by Gasteiger charge is 2.29. The molecule has 1 heterocycles. The van der Waals surface area contributed by atoms with E-state index in [0.717, 1.165) is 17.3 Å². The van der Waals surface area contributed by atoms with Crippen LogP contribution in [0.5, 0.6) is 0 Å². The van der Waals surface area contributed by atoms with E-state index in [0.29, 0.717) is 0 Å². The van der Waals surface area contributed by atoms with Gasteiger partial charge in [-0.1, -0.05) is 0 Å². The maximum absolute atomic E-state index is 12.1. The molecule has 8 heteroatoms. The lowest BCUT2D eigenvalue weighted by molar-refractivity contribution is -0.119. The quantitative estimate of drug-likeness (QED) is 0.830. The summed E-state index contributed by atoms with van der Waals surface area (Å²) in [5, 5.41) is 0. The van der Waals surface area contributed by atoms with Gasteiger partial charge in [0.15, 0.2) is 0 Å². The van der Waals surface area contributed by atoms with E-state index in [4.69, 9.17) is 5.73 Å². The number of hydrogen-bond acceptors (Lipinski definition) is 4. The third-order valence-electron chi connectivity index (χ3n) is 1.71. The van der Waals surface area contributed by atoms with Crippen molar-refractivity contribution in [1.29, 1.82) is 0 Å². The molecule has 2 N–H and O–H groups in total. The molecule has 1 amide bonds. The lowest BCUT2D eigenvalue weighted by atomic mass is 10.3. The lowest BCUT2D eigenvalue weighted by Gasteiger charge is -2.19. The zero-order valence-corrected chi connectivity index (χ0v) is 8.32. The molecule has 0 atom stereocenters. The van der Waals surface area contributed by atoms with Gasteiger partial charge in [-0.3, -0.25) is 4.79 Å². The number of primary amides is 1. The largest absolute Gasteiger partial charge is 0.405 e. The van der Waals surface area contributed by atoms with Crippen LogP contribution in [0.1, 0.15) is 10.5 Å². The van der Waals surface area contributed by atoms with Crippen molar-refractivity contribution in [2.45, 2.75) is 6.18 Å². The summed E-state index contributed by atoms with van der Waals surface area (Å²) in [6.07, 6.45) is -3.35. The summed E-state index contributed by atoms with van der Waals surface area (Å²) in [5.41, 5.74) is 4.81.